The zero-order valence-electron chi connectivity index (χ0n) is 8.63. The van der Waals surface area contributed by atoms with Crippen molar-refractivity contribution in [3.8, 4) is 0 Å². The Labute approximate surface area is 103 Å². The molecular weight excluding hydrogens is 303 g/mol. The number of alkyl halides is 1. The van der Waals surface area contributed by atoms with Crippen molar-refractivity contribution in [2.24, 2.45) is 0 Å². The molecule has 1 aliphatic rings. The van der Waals surface area contributed by atoms with Crippen LogP contribution in [0, 0.1) is 6.92 Å². The first-order chi connectivity index (χ1) is 7.16. The minimum absolute atomic E-state index is 0.0766. The van der Waals surface area contributed by atoms with Crippen LogP contribution in [0.5, 0.6) is 0 Å². The van der Waals surface area contributed by atoms with E-state index in [1.807, 2.05) is 0 Å². The fraction of sp³-hybridized carbons (Fsp3) is 0.417. The third-order valence-corrected chi connectivity index (χ3v) is 4.07. The largest absolute Gasteiger partial charge is 0.453 e. The summed E-state index contributed by atoms with van der Waals surface area (Å²) in [5.74, 6) is -0.0766. The minimum Gasteiger partial charge on any atom is -0.453 e. The van der Waals surface area contributed by atoms with Gasteiger partial charge in [-0.2, -0.15) is 0 Å². The van der Waals surface area contributed by atoms with Crippen LogP contribution in [-0.2, 0) is 15.1 Å². The standard InChI is InChI=1S/C12H13IO2/c1-9-2-4-10(5-3-9)12(8-13)7-6-11(14)15-12/h2-5H,6-8H2,1H3. The molecule has 2 rings (SSSR count). The van der Waals surface area contributed by atoms with Gasteiger partial charge in [0.05, 0.1) is 0 Å². The summed E-state index contributed by atoms with van der Waals surface area (Å²) < 4.78 is 6.30. The van der Waals surface area contributed by atoms with Crippen molar-refractivity contribution >= 4 is 28.6 Å². The Kier molecular flexibility index (Phi) is 3.00. The molecule has 1 atom stereocenters. The Morgan fingerprint density at radius 1 is 1.40 bits per heavy atom. The second-order valence-electron chi connectivity index (χ2n) is 3.97. The predicted molar refractivity (Wildman–Crippen MR) is 67.1 cm³/mol. The molecule has 0 aliphatic carbocycles. The minimum atomic E-state index is -0.370. The Morgan fingerprint density at radius 3 is 2.53 bits per heavy atom. The van der Waals surface area contributed by atoms with Crippen molar-refractivity contribution < 1.29 is 9.53 Å². The van der Waals surface area contributed by atoms with Crippen LogP contribution in [0.4, 0.5) is 0 Å². The first kappa shape index (κ1) is 10.9. The molecule has 1 fully saturated rings. The van der Waals surface area contributed by atoms with Crippen LogP contribution < -0.4 is 0 Å². The van der Waals surface area contributed by atoms with Crippen LogP contribution in [0.25, 0.3) is 0 Å². The van der Waals surface area contributed by atoms with Crippen molar-refractivity contribution in [1.29, 1.82) is 0 Å². The van der Waals surface area contributed by atoms with E-state index in [0.29, 0.717) is 6.42 Å². The van der Waals surface area contributed by atoms with Crippen molar-refractivity contribution in [2.75, 3.05) is 4.43 Å². The lowest BCUT2D eigenvalue weighted by atomic mass is 9.92. The van der Waals surface area contributed by atoms with Gasteiger partial charge in [-0.15, -0.1) is 0 Å². The smallest absolute Gasteiger partial charge is 0.306 e. The quantitative estimate of drug-likeness (QED) is 0.476. The molecule has 0 spiro atoms. The van der Waals surface area contributed by atoms with Gasteiger partial charge < -0.3 is 4.74 Å². The maximum Gasteiger partial charge on any atom is 0.306 e. The Balaban J connectivity index is 2.34. The molecule has 1 unspecified atom stereocenters. The Morgan fingerprint density at radius 2 is 2.07 bits per heavy atom. The van der Waals surface area contributed by atoms with Crippen molar-refractivity contribution in [1.82, 2.24) is 0 Å². The fourth-order valence-electron chi connectivity index (χ4n) is 1.86. The molecule has 0 radical (unpaired) electrons. The number of hydrogen-bond donors (Lipinski definition) is 0. The zero-order chi connectivity index (χ0) is 10.9. The molecule has 1 heterocycles. The number of rotatable bonds is 2. The summed E-state index contributed by atoms with van der Waals surface area (Å²) >= 11 is 2.29. The molecule has 2 nitrogen and oxygen atoms in total. The molecule has 0 saturated carbocycles. The summed E-state index contributed by atoms with van der Waals surface area (Å²) in [6, 6.07) is 8.25. The lowest BCUT2D eigenvalue weighted by molar-refractivity contribution is -0.147. The van der Waals surface area contributed by atoms with Gasteiger partial charge in [-0.1, -0.05) is 52.4 Å². The summed E-state index contributed by atoms with van der Waals surface area (Å²) in [5, 5.41) is 0. The molecule has 80 valence electrons. The average Bonchev–Trinajstić information content (AvgIpc) is 2.62. The van der Waals surface area contributed by atoms with E-state index in [1.54, 1.807) is 0 Å². The van der Waals surface area contributed by atoms with Gasteiger partial charge in [0, 0.05) is 17.3 Å². The summed E-state index contributed by atoms with van der Waals surface area (Å²) in [4.78, 5) is 11.2. The van der Waals surface area contributed by atoms with Gasteiger partial charge in [-0.25, -0.2) is 0 Å². The van der Waals surface area contributed by atoms with E-state index in [0.717, 1.165) is 16.4 Å². The first-order valence-electron chi connectivity index (χ1n) is 5.01. The van der Waals surface area contributed by atoms with Crippen LogP contribution in [0.15, 0.2) is 24.3 Å². The van der Waals surface area contributed by atoms with Crippen molar-refractivity contribution in [2.45, 2.75) is 25.4 Å². The second-order valence-corrected chi connectivity index (χ2v) is 4.73. The maximum absolute atomic E-state index is 11.2. The number of hydrogen-bond acceptors (Lipinski definition) is 2. The first-order valence-corrected chi connectivity index (χ1v) is 6.54. The topological polar surface area (TPSA) is 26.3 Å². The summed E-state index contributed by atoms with van der Waals surface area (Å²) in [6.45, 7) is 2.06. The summed E-state index contributed by atoms with van der Waals surface area (Å²) in [6.07, 6.45) is 1.34. The highest BCUT2D eigenvalue weighted by molar-refractivity contribution is 14.1. The van der Waals surface area contributed by atoms with E-state index in [9.17, 15) is 4.79 Å². The van der Waals surface area contributed by atoms with E-state index >= 15 is 0 Å². The molecule has 0 aromatic heterocycles. The van der Waals surface area contributed by atoms with Gasteiger partial charge in [0.15, 0.2) is 0 Å². The molecule has 1 aromatic carbocycles. The van der Waals surface area contributed by atoms with Gasteiger partial charge in [-0.05, 0) is 12.5 Å². The average molecular weight is 316 g/mol. The number of halogens is 1. The molecule has 3 heteroatoms. The van der Waals surface area contributed by atoms with Gasteiger partial charge in [-0.3, -0.25) is 4.79 Å². The molecule has 0 N–H and O–H groups in total. The molecule has 1 saturated heterocycles. The normalized spacial score (nSPS) is 25.3. The number of carbonyl (C=O) groups excluding carboxylic acids is 1. The third kappa shape index (κ3) is 2.02. The number of esters is 1. The highest BCUT2D eigenvalue weighted by atomic mass is 127. The molecule has 0 amide bonds. The summed E-state index contributed by atoms with van der Waals surface area (Å²) in [5.41, 5.74) is 1.98. The van der Waals surface area contributed by atoms with Gasteiger partial charge >= 0.3 is 5.97 Å². The lowest BCUT2D eigenvalue weighted by Crippen LogP contribution is -2.27. The van der Waals surface area contributed by atoms with Crippen LogP contribution in [-0.4, -0.2) is 10.4 Å². The Hall–Kier alpha value is -0.580. The SMILES string of the molecule is Cc1ccc(C2(CI)CCC(=O)O2)cc1. The van der Waals surface area contributed by atoms with E-state index in [1.165, 1.54) is 5.56 Å². The zero-order valence-corrected chi connectivity index (χ0v) is 10.8. The van der Waals surface area contributed by atoms with Gasteiger partial charge in [0.2, 0.25) is 0 Å². The molecule has 1 aliphatic heterocycles. The van der Waals surface area contributed by atoms with E-state index in [2.05, 4.69) is 53.8 Å². The number of cyclic esters (lactones) is 1. The molecular formula is C12H13IO2. The number of carbonyl (C=O) groups is 1. The second kappa shape index (κ2) is 4.12. The molecule has 1 aromatic rings. The molecule has 0 bridgehead atoms. The predicted octanol–water partition coefficient (Wildman–Crippen LogP) is 2.96. The number of aryl methyl sites for hydroxylation is 1. The number of benzene rings is 1. The van der Waals surface area contributed by atoms with E-state index in [4.69, 9.17) is 4.74 Å². The highest BCUT2D eigenvalue weighted by Crippen LogP contribution is 2.38. The van der Waals surface area contributed by atoms with Crippen molar-refractivity contribution in [3.63, 3.8) is 0 Å². The highest BCUT2D eigenvalue weighted by Gasteiger charge is 2.40. The van der Waals surface area contributed by atoms with Crippen LogP contribution in [0.1, 0.15) is 24.0 Å². The van der Waals surface area contributed by atoms with Crippen LogP contribution in [0.3, 0.4) is 0 Å². The van der Waals surface area contributed by atoms with Crippen LogP contribution in [0.2, 0.25) is 0 Å². The van der Waals surface area contributed by atoms with Gasteiger partial charge in [0.25, 0.3) is 0 Å². The monoisotopic (exact) mass is 316 g/mol. The van der Waals surface area contributed by atoms with Crippen LogP contribution >= 0.6 is 22.6 Å². The van der Waals surface area contributed by atoms with E-state index in [-0.39, 0.29) is 11.6 Å². The maximum atomic E-state index is 11.2. The fourth-order valence-corrected chi connectivity index (χ4v) is 2.83. The summed E-state index contributed by atoms with van der Waals surface area (Å²) in [7, 11) is 0. The molecule has 15 heavy (non-hydrogen) atoms. The van der Waals surface area contributed by atoms with Crippen molar-refractivity contribution in [3.05, 3.63) is 35.4 Å². The number of ether oxygens (including phenoxy) is 1. The Bertz CT molecular complexity index is 372. The lowest BCUT2D eigenvalue weighted by Gasteiger charge is -2.25. The third-order valence-electron chi connectivity index (χ3n) is 2.84. The van der Waals surface area contributed by atoms with E-state index < -0.39 is 0 Å². The van der Waals surface area contributed by atoms with Gasteiger partial charge in [0.1, 0.15) is 5.60 Å².